The van der Waals surface area contributed by atoms with E-state index < -0.39 is 0 Å². The maximum Gasteiger partial charge on any atom is 0.230 e. The molecule has 1 heterocycles. The summed E-state index contributed by atoms with van der Waals surface area (Å²) in [5, 5.41) is 0. The highest BCUT2D eigenvalue weighted by atomic mass is 19.1. The van der Waals surface area contributed by atoms with Crippen molar-refractivity contribution in [1.29, 1.82) is 0 Å². The van der Waals surface area contributed by atoms with Crippen molar-refractivity contribution in [2.75, 3.05) is 14.2 Å². The van der Waals surface area contributed by atoms with Gasteiger partial charge in [-0.3, -0.25) is 0 Å². The molecule has 3 rings (SSSR count). The number of nitrogens with zero attached hydrogens (tertiary/aromatic N) is 1. The van der Waals surface area contributed by atoms with Gasteiger partial charge in [0.05, 0.1) is 19.8 Å². The molecule has 0 radical (unpaired) electrons. The Hall–Kier alpha value is -2.56. The fourth-order valence-electron chi connectivity index (χ4n) is 2.00. The normalized spacial score (nSPS) is 10.8. The van der Waals surface area contributed by atoms with Crippen molar-refractivity contribution in [3.05, 3.63) is 42.2 Å². The van der Waals surface area contributed by atoms with Gasteiger partial charge in [-0.05, 0) is 12.1 Å². The van der Waals surface area contributed by atoms with E-state index in [1.807, 2.05) is 0 Å². The summed E-state index contributed by atoms with van der Waals surface area (Å²) < 4.78 is 29.7. The summed E-state index contributed by atoms with van der Waals surface area (Å²) in [6.07, 6.45) is 0. The van der Waals surface area contributed by atoms with Crippen molar-refractivity contribution in [2.24, 2.45) is 0 Å². The number of oxazole rings is 1. The van der Waals surface area contributed by atoms with E-state index in [1.54, 1.807) is 37.4 Å². The minimum absolute atomic E-state index is 0.230. The van der Waals surface area contributed by atoms with E-state index in [1.165, 1.54) is 13.2 Å². The molecule has 2 aromatic carbocycles. The van der Waals surface area contributed by atoms with Crippen molar-refractivity contribution >= 4 is 11.1 Å². The van der Waals surface area contributed by atoms with Crippen LogP contribution < -0.4 is 9.47 Å². The van der Waals surface area contributed by atoms with Gasteiger partial charge < -0.3 is 13.9 Å². The molecule has 4 nitrogen and oxygen atoms in total. The van der Waals surface area contributed by atoms with Crippen LogP contribution in [0.25, 0.3) is 22.6 Å². The molecule has 0 aliphatic heterocycles. The SMILES string of the molecule is COc1cc2nc(-c3ccccc3F)oc2cc1OC. The minimum atomic E-state index is -0.377. The Morgan fingerprint density at radius 2 is 1.75 bits per heavy atom. The number of hydrogen-bond acceptors (Lipinski definition) is 4. The number of hydrogen-bond donors (Lipinski definition) is 0. The molecule has 0 saturated carbocycles. The maximum absolute atomic E-state index is 13.7. The van der Waals surface area contributed by atoms with E-state index in [-0.39, 0.29) is 11.7 Å². The van der Waals surface area contributed by atoms with Crippen molar-refractivity contribution in [2.45, 2.75) is 0 Å². The molecule has 3 aromatic rings. The summed E-state index contributed by atoms with van der Waals surface area (Å²) in [5.41, 5.74) is 1.42. The second-order valence-corrected chi connectivity index (χ2v) is 4.17. The number of halogens is 1. The van der Waals surface area contributed by atoms with Gasteiger partial charge in [0.15, 0.2) is 17.1 Å². The number of ether oxygens (including phenoxy) is 2. The van der Waals surface area contributed by atoms with E-state index in [4.69, 9.17) is 13.9 Å². The molecule has 0 aliphatic rings. The Bertz CT molecular complexity index is 726. The predicted octanol–water partition coefficient (Wildman–Crippen LogP) is 3.65. The van der Waals surface area contributed by atoms with E-state index in [0.717, 1.165) is 0 Å². The van der Waals surface area contributed by atoms with Gasteiger partial charge in [0.25, 0.3) is 0 Å². The predicted molar refractivity (Wildman–Crippen MR) is 72.5 cm³/mol. The first-order valence-corrected chi connectivity index (χ1v) is 6.00. The van der Waals surface area contributed by atoms with Gasteiger partial charge in [0.2, 0.25) is 5.89 Å². The number of fused-ring (bicyclic) bond motifs is 1. The molecule has 0 unspecified atom stereocenters. The van der Waals surface area contributed by atoms with Crippen molar-refractivity contribution < 1.29 is 18.3 Å². The zero-order valence-electron chi connectivity index (χ0n) is 11.0. The third kappa shape index (κ3) is 1.97. The summed E-state index contributed by atoms with van der Waals surface area (Å²) in [6.45, 7) is 0. The van der Waals surface area contributed by atoms with Crippen LogP contribution >= 0.6 is 0 Å². The number of methoxy groups -OCH3 is 2. The van der Waals surface area contributed by atoms with E-state index in [9.17, 15) is 4.39 Å². The van der Waals surface area contributed by atoms with Gasteiger partial charge in [0, 0.05) is 12.1 Å². The highest BCUT2D eigenvalue weighted by molar-refractivity contribution is 5.80. The largest absolute Gasteiger partial charge is 0.493 e. The Balaban J connectivity index is 2.18. The minimum Gasteiger partial charge on any atom is -0.493 e. The quantitative estimate of drug-likeness (QED) is 0.730. The summed E-state index contributed by atoms with van der Waals surface area (Å²) in [7, 11) is 3.08. The molecule has 0 spiro atoms. The fraction of sp³-hybridized carbons (Fsp3) is 0.133. The zero-order chi connectivity index (χ0) is 14.1. The van der Waals surface area contributed by atoms with Crippen LogP contribution in [-0.4, -0.2) is 19.2 Å². The van der Waals surface area contributed by atoms with Crippen LogP contribution in [0.15, 0.2) is 40.8 Å². The third-order valence-electron chi connectivity index (χ3n) is 3.00. The highest BCUT2D eigenvalue weighted by Crippen LogP contribution is 2.34. The molecule has 0 atom stereocenters. The van der Waals surface area contributed by atoms with Crippen LogP contribution in [0, 0.1) is 5.82 Å². The van der Waals surface area contributed by atoms with Crippen LogP contribution in [0.3, 0.4) is 0 Å². The lowest BCUT2D eigenvalue weighted by Crippen LogP contribution is -1.89. The van der Waals surface area contributed by atoms with Crippen LogP contribution in [0.1, 0.15) is 0 Å². The van der Waals surface area contributed by atoms with Crippen LogP contribution in [0.2, 0.25) is 0 Å². The van der Waals surface area contributed by atoms with Gasteiger partial charge in [-0.15, -0.1) is 0 Å². The lowest BCUT2D eigenvalue weighted by atomic mass is 10.2. The van der Waals surface area contributed by atoms with Gasteiger partial charge >= 0.3 is 0 Å². The van der Waals surface area contributed by atoms with E-state index in [2.05, 4.69) is 4.98 Å². The first-order valence-electron chi connectivity index (χ1n) is 6.00. The Morgan fingerprint density at radius 3 is 2.45 bits per heavy atom. The van der Waals surface area contributed by atoms with Crippen LogP contribution in [0.4, 0.5) is 4.39 Å². The molecular weight excluding hydrogens is 261 g/mol. The summed E-state index contributed by atoms with van der Waals surface area (Å²) in [6, 6.07) is 9.70. The second-order valence-electron chi connectivity index (χ2n) is 4.17. The van der Waals surface area contributed by atoms with Gasteiger partial charge in [-0.25, -0.2) is 9.37 Å². The molecule has 0 saturated heterocycles. The van der Waals surface area contributed by atoms with Gasteiger partial charge in [-0.1, -0.05) is 12.1 Å². The first kappa shape index (κ1) is 12.5. The Morgan fingerprint density at radius 1 is 1.05 bits per heavy atom. The number of rotatable bonds is 3. The maximum atomic E-state index is 13.7. The van der Waals surface area contributed by atoms with Gasteiger partial charge in [-0.2, -0.15) is 0 Å². The second kappa shape index (κ2) is 4.85. The third-order valence-corrected chi connectivity index (χ3v) is 3.00. The summed E-state index contributed by atoms with van der Waals surface area (Å²) in [4.78, 5) is 4.29. The van der Waals surface area contributed by atoms with Crippen molar-refractivity contribution in [3.8, 4) is 23.0 Å². The van der Waals surface area contributed by atoms with E-state index in [0.29, 0.717) is 28.2 Å². The molecule has 0 amide bonds. The molecule has 0 fully saturated rings. The standard InChI is InChI=1S/C15H12FNO3/c1-18-13-7-11-12(8-14(13)19-2)20-15(17-11)9-5-3-4-6-10(9)16/h3-8H,1-2H3. The molecule has 1 aromatic heterocycles. The average molecular weight is 273 g/mol. The van der Waals surface area contributed by atoms with Crippen molar-refractivity contribution in [1.82, 2.24) is 4.98 Å². The molecule has 0 N–H and O–H groups in total. The average Bonchev–Trinajstić information content (AvgIpc) is 2.88. The van der Waals surface area contributed by atoms with Gasteiger partial charge in [0.1, 0.15) is 11.3 Å². The number of benzene rings is 2. The molecule has 5 heteroatoms. The van der Waals surface area contributed by atoms with E-state index >= 15 is 0 Å². The molecule has 102 valence electrons. The fourth-order valence-corrected chi connectivity index (χ4v) is 2.00. The molecule has 0 bridgehead atoms. The topological polar surface area (TPSA) is 44.5 Å². The summed E-state index contributed by atoms with van der Waals surface area (Å²) in [5.74, 6) is 0.941. The smallest absolute Gasteiger partial charge is 0.230 e. The molecule has 20 heavy (non-hydrogen) atoms. The Kier molecular flexibility index (Phi) is 3.02. The zero-order valence-corrected chi connectivity index (χ0v) is 11.0. The molecule has 0 aliphatic carbocycles. The van der Waals surface area contributed by atoms with Crippen LogP contribution in [0.5, 0.6) is 11.5 Å². The van der Waals surface area contributed by atoms with Crippen molar-refractivity contribution in [3.63, 3.8) is 0 Å². The monoisotopic (exact) mass is 273 g/mol. The highest BCUT2D eigenvalue weighted by Gasteiger charge is 2.15. The summed E-state index contributed by atoms with van der Waals surface area (Å²) >= 11 is 0. The van der Waals surface area contributed by atoms with Crippen LogP contribution in [-0.2, 0) is 0 Å². The molecular formula is C15H12FNO3. The Labute approximate surface area is 114 Å². The lowest BCUT2D eigenvalue weighted by molar-refractivity contribution is 0.355. The lowest BCUT2D eigenvalue weighted by Gasteiger charge is -2.05. The number of aromatic nitrogens is 1. The first-order chi connectivity index (χ1) is 9.72.